The molecule has 2 atom stereocenters. The predicted molar refractivity (Wildman–Crippen MR) is 156 cm³/mol. The smallest absolute Gasteiger partial charge is 0.264 e. The fraction of sp³-hybridized carbons (Fsp3) is 0.333. The highest BCUT2D eigenvalue weighted by atomic mass is 35.5. The van der Waals surface area contributed by atoms with Crippen molar-refractivity contribution in [2.45, 2.75) is 64.1 Å². The van der Waals surface area contributed by atoms with Crippen LogP contribution in [0.3, 0.4) is 0 Å². The van der Waals surface area contributed by atoms with Crippen molar-refractivity contribution in [3.05, 3.63) is 95.0 Å². The molecule has 208 valence electrons. The van der Waals surface area contributed by atoms with Crippen LogP contribution in [0.4, 0.5) is 5.69 Å². The molecule has 0 aliphatic heterocycles. The molecule has 0 aromatic heterocycles. The summed E-state index contributed by atoms with van der Waals surface area (Å²) in [6, 6.07) is 21.3. The van der Waals surface area contributed by atoms with Gasteiger partial charge in [-0.2, -0.15) is 0 Å². The average molecular weight is 570 g/mol. The van der Waals surface area contributed by atoms with Gasteiger partial charge in [0.2, 0.25) is 11.8 Å². The quantitative estimate of drug-likeness (QED) is 0.309. The van der Waals surface area contributed by atoms with E-state index in [1.165, 1.54) is 29.2 Å². The van der Waals surface area contributed by atoms with Crippen LogP contribution in [-0.4, -0.2) is 43.8 Å². The SMILES string of the molecule is CCC(C)NC(=O)C(CC)N(Cc1ccccc1)C(=O)CN(c1cccc(C)c1)S(=O)(=O)c1ccc(Cl)cc1. The lowest BCUT2D eigenvalue weighted by atomic mass is 10.1. The number of rotatable bonds is 12. The molecule has 0 radical (unpaired) electrons. The van der Waals surface area contributed by atoms with Gasteiger partial charge in [-0.05, 0) is 74.2 Å². The molecular weight excluding hydrogens is 534 g/mol. The highest BCUT2D eigenvalue weighted by molar-refractivity contribution is 7.92. The third-order valence-electron chi connectivity index (χ3n) is 6.55. The monoisotopic (exact) mass is 569 g/mol. The lowest BCUT2D eigenvalue weighted by Gasteiger charge is -2.33. The van der Waals surface area contributed by atoms with E-state index in [1.807, 2.05) is 64.1 Å². The summed E-state index contributed by atoms with van der Waals surface area (Å²) in [7, 11) is -4.14. The van der Waals surface area contributed by atoms with Crippen molar-refractivity contribution >= 4 is 39.1 Å². The van der Waals surface area contributed by atoms with E-state index in [1.54, 1.807) is 18.2 Å². The Bertz CT molecular complexity index is 1360. The largest absolute Gasteiger partial charge is 0.352 e. The maximum absolute atomic E-state index is 14.0. The zero-order chi connectivity index (χ0) is 28.6. The number of nitrogens with zero attached hydrogens (tertiary/aromatic N) is 2. The van der Waals surface area contributed by atoms with E-state index in [4.69, 9.17) is 11.6 Å². The minimum Gasteiger partial charge on any atom is -0.352 e. The van der Waals surface area contributed by atoms with Gasteiger partial charge >= 0.3 is 0 Å². The summed E-state index contributed by atoms with van der Waals surface area (Å²) in [6.07, 6.45) is 1.12. The predicted octanol–water partition coefficient (Wildman–Crippen LogP) is 5.57. The summed E-state index contributed by atoms with van der Waals surface area (Å²) in [4.78, 5) is 28.8. The number of hydrogen-bond acceptors (Lipinski definition) is 4. The Morgan fingerprint density at radius 2 is 1.59 bits per heavy atom. The number of carbonyl (C=O) groups excluding carboxylic acids is 2. The first-order valence-corrected chi connectivity index (χ1v) is 14.9. The standard InChI is InChI=1S/C30H36ClN3O4S/c1-5-23(4)32-30(36)28(6-2)33(20-24-12-8-7-9-13-24)29(35)21-34(26-14-10-11-22(3)19-26)39(37,38)27-17-15-25(31)16-18-27/h7-19,23,28H,5-6,20-21H2,1-4H3,(H,32,36). The Balaban J connectivity index is 2.04. The van der Waals surface area contributed by atoms with E-state index in [0.717, 1.165) is 21.9 Å². The Morgan fingerprint density at radius 3 is 2.18 bits per heavy atom. The highest BCUT2D eigenvalue weighted by Crippen LogP contribution is 2.26. The molecule has 0 bridgehead atoms. The molecule has 0 aliphatic carbocycles. The summed E-state index contributed by atoms with van der Waals surface area (Å²) >= 11 is 6.00. The van der Waals surface area contributed by atoms with Gasteiger partial charge in [-0.15, -0.1) is 0 Å². The first kappa shape index (κ1) is 30.2. The van der Waals surface area contributed by atoms with E-state index in [2.05, 4.69) is 5.32 Å². The fourth-order valence-electron chi connectivity index (χ4n) is 4.19. The van der Waals surface area contributed by atoms with Crippen LogP contribution in [0.25, 0.3) is 0 Å². The van der Waals surface area contributed by atoms with E-state index >= 15 is 0 Å². The van der Waals surface area contributed by atoms with Crippen molar-refractivity contribution in [1.29, 1.82) is 0 Å². The number of aryl methyl sites for hydroxylation is 1. The normalized spacial score (nSPS) is 12.8. The van der Waals surface area contributed by atoms with E-state index < -0.39 is 28.5 Å². The fourth-order valence-corrected chi connectivity index (χ4v) is 5.72. The summed E-state index contributed by atoms with van der Waals surface area (Å²) in [5, 5.41) is 3.38. The molecule has 2 unspecified atom stereocenters. The zero-order valence-electron chi connectivity index (χ0n) is 22.8. The van der Waals surface area contributed by atoms with Crippen LogP contribution in [0.5, 0.6) is 0 Å². The van der Waals surface area contributed by atoms with Gasteiger partial charge in [0, 0.05) is 17.6 Å². The highest BCUT2D eigenvalue weighted by Gasteiger charge is 2.34. The molecule has 0 heterocycles. The molecule has 0 aliphatic rings. The van der Waals surface area contributed by atoms with Crippen molar-refractivity contribution in [1.82, 2.24) is 10.2 Å². The van der Waals surface area contributed by atoms with Crippen LogP contribution in [0.1, 0.15) is 44.7 Å². The number of hydrogen-bond donors (Lipinski definition) is 1. The van der Waals surface area contributed by atoms with Crippen LogP contribution in [-0.2, 0) is 26.2 Å². The van der Waals surface area contributed by atoms with Crippen LogP contribution in [0, 0.1) is 6.92 Å². The van der Waals surface area contributed by atoms with Gasteiger partial charge < -0.3 is 10.2 Å². The van der Waals surface area contributed by atoms with Gasteiger partial charge in [0.1, 0.15) is 12.6 Å². The third kappa shape index (κ3) is 7.83. The number of benzene rings is 3. The molecule has 39 heavy (non-hydrogen) atoms. The molecular formula is C30H36ClN3O4S. The van der Waals surface area contributed by atoms with Gasteiger partial charge in [0.05, 0.1) is 10.6 Å². The maximum Gasteiger partial charge on any atom is 0.264 e. The molecule has 2 amide bonds. The minimum atomic E-state index is -4.14. The van der Waals surface area contributed by atoms with Crippen molar-refractivity contribution in [2.24, 2.45) is 0 Å². The second kappa shape index (κ2) is 13.6. The lowest BCUT2D eigenvalue weighted by Crippen LogP contribution is -2.53. The number of amides is 2. The van der Waals surface area contributed by atoms with Gasteiger partial charge in [-0.3, -0.25) is 13.9 Å². The number of anilines is 1. The Hall–Kier alpha value is -3.36. The molecule has 0 saturated heterocycles. The van der Waals surface area contributed by atoms with E-state index in [9.17, 15) is 18.0 Å². The molecule has 7 nitrogen and oxygen atoms in total. The van der Waals surface area contributed by atoms with Crippen LogP contribution >= 0.6 is 11.6 Å². The van der Waals surface area contributed by atoms with Crippen molar-refractivity contribution in [2.75, 3.05) is 10.8 Å². The number of halogens is 1. The van der Waals surface area contributed by atoms with Gasteiger partial charge in [-0.1, -0.05) is 67.9 Å². The molecule has 3 rings (SSSR count). The second-order valence-electron chi connectivity index (χ2n) is 9.55. The Morgan fingerprint density at radius 1 is 0.923 bits per heavy atom. The average Bonchev–Trinajstić information content (AvgIpc) is 2.92. The van der Waals surface area contributed by atoms with Crippen LogP contribution in [0.15, 0.2) is 83.8 Å². The Kier molecular flexibility index (Phi) is 10.5. The zero-order valence-corrected chi connectivity index (χ0v) is 24.4. The van der Waals surface area contributed by atoms with Gasteiger partial charge in [0.25, 0.3) is 10.0 Å². The van der Waals surface area contributed by atoms with Crippen molar-refractivity contribution in [3.8, 4) is 0 Å². The maximum atomic E-state index is 14.0. The molecule has 0 saturated carbocycles. The molecule has 9 heteroatoms. The van der Waals surface area contributed by atoms with Crippen LogP contribution in [0.2, 0.25) is 5.02 Å². The topological polar surface area (TPSA) is 86.8 Å². The number of carbonyl (C=O) groups is 2. The molecule has 0 spiro atoms. The third-order valence-corrected chi connectivity index (χ3v) is 8.59. The first-order valence-electron chi connectivity index (χ1n) is 13.1. The molecule has 3 aromatic carbocycles. The summed E-state index contributed by atoms with van der Waals surface area (Å²) in [5.41, 5.74) is 2.04. The van der Waals surface area contributed by atoms with Crippen molar-refractivity contribution < 1.29 is 18.0 Å². The lowest BCUT2D eigenvalue weighted by molar-refractivity contribution is -0.140. The molecule has 0 fully saturated rings. The van der Waals surface area contributed by atoms with Crippen LogP contribution < -0.4 is 9.62 Å². The van der Waals surface area contributed by atoms with E-state index in [0.29, 0.717) is 17.1 Å². The first-order chi connectivity index (χ1) is 18.6. The van der Waals surface area contributed by atoms with Gasteiger partial charge in [-0.25, -0.2) is 8.42 Å². The summed E-state index contributed by atoms with van der Waals surface area (Å²) < 4.78 is 28.8. The number of nitrogens with one attached hydrogen (secondary N) is 1. The van der Waals surface area contributed by atoms with E-state index in [-0.39, 0.29) is 23.4 Å². The molecule has 1 N–H and O–H groups in total. The summed E-state index contributed by atoms with van der Waals surface area (Å²) in [5.74, 6) is -0.747. The summed E-state index contributed by atoms with van der Waals surface area (Å²) in [6.45, 7) is 7.26. The van der Waals surface area contributed by atoms with Crippen molar-refractivity contribution in [3.63, 3.8) is 0 Å². The second-order valence-corrected chi connectivity index (χ2v) is 11.9. The Labute approximate surface area is 236 Å². The van der Waals surface area contributed by atoms with Gasteiger partial charge in [0.15, 0.2) is 0 Å². The number of sulfonamides is 1. The minimum absolute atomic E-state index is 0.0115. The molecule has 3 aromatic rings.